The lowest BCUT2D eigenvalue weighted by Crippen LogP contribution is -1.95. The van der Waals surface area contributed by atoms with Gasteiger partial charge in [0.05, 0.1) is 5.69 Å². The van der Waals surface area contributed by atoms with Gasteiger partial charge in [0.25, 0.3) is 0 Å². The molecular weight excluding hydrogens is 174 g/mol. The second-order valence-corrected chi connectivity index (χ2v) is 3.00. The molecule has 0 aliphatic heterocycles. The van der Waals surface area contributed by atoms with Crippen LogP contribution >= 0.6 is 11.6 Å². The van der Waals surface area contributed by atoms with Crippen LogP contribution in [0.15, 0.2) is 35.9 Å². The molecular formula is C9H10ClNO. The molecule has 12 heavy (non-hydrogen) atoms. The highest BCUT2D eigenvalue weighted by atomic mass is 35.5. The lowest BCUT2D eigenvalue weighted by atomic mass is 10.1. The number of benzene rings is 1. The molecule has 0 unspecified atom stereocenters. The van der Waals surface area contributed by atoms with Crippen LogP contribution in [0.25, 0.3) is 0 Å². The highest BCUT2D eigenvalue weighted by molar-refractivity contribution is 6.29. The van der Waals surface area contributed by atoms with Gasteiger partial charge in [-0.15, -0.1) is 0 Å². The zero-order valence-corrected chi connectivity index (χ0v) is 7.30. The smallest absolute Gasteiger partial charge is 0.0637 e. The molecule has 0 saturated carbocycles. The van der Waals surface area contributed by atoms with E-state index in [1.165, 1.54) is 0 Å². The van der Waals surface area contributed by atoms with Crippen molar-refractivity contribution in [1.82, 2.24) is 0 Å². The first-order chi connectivity index (χ1) is 5.74. The van der Waals surface area contributed by atoms with Gasteiger partial charge in [0.2, 0.25) is 0 Å². The molecule has 0 atom stereocenters. The number of anilines is 1. The van der Waals surface area contributed by atoms with Crippen molar-refractivity contribution in [2.45, 2.75) is 6.42 Å². The van der Waals surface area contributed by atoms with Crippen LogP contribution in [0.2, 0.25) is 0 Å². The van der Waals surface area contributed by atoms with Crippen LogP contribution in [-0.2, 0) is 6.42 Å². The molecule has 0 saturated heterocycles. The first kappa shape index (κ1) is 9.10. The summed E-state index contributed by atoms with van der Waals surface area (Å²) in [5, 5.41) is 9.26. The quantitative estimate of drug-likeness (QED) is 0.707. The SMILES string of the molecule is C=C(Cl)Cc1ccccc1NO. The lowest BCUT2D eigenvalue weighted by molar-refractivity contribution is 0.388. The van der Waals surface area contributed by atoms with Gasteiger partial charge in [-0.25, -0.2) is 0 Å². The monoisotopic (exact) mass is 183 g/mol. The Balaban J connectivity index is 2.89. The van der Waals surface area contributed by atoms with Crippen molar-refractivity contribution in [2.75, 3.05) is 5.48 Å². The third-order valence-corrected chi connectivity index (χ3v) is 1.65. The van der Waals surface area contributed by atoms with Gasteiger partial charge in [-0.05, 0) is 11.6 Å². The summed E-state index contributed by atoms with van der Waals surface area (Å²) < 4.78 is 0. The van der Waals surface area contributed by atoms with Crippen LogP contribution in [0.4, 0.5) is 5.69 Å². The number of allylic oxidation sites excluding steroid dienone is 1. The number of hydrogen-bond donors (Lipinski definition) is 2. The van der Waals surface area contributed by atoms with Crippen LogP contribution in [0.5, 0.6) is 0 Å². The standard InChI is InChI=1S/C9H10ClNO/c1-7(10)6-8-4-2-3-5-9(8)11-12/h2-5,11-12H,1,6H2. The first-order valence-electron chi connectivity index (χ1n) is 3.55. The summed E-state index contributed by atoms with van der Waals surface area (Å²) in [7, 11) is 0. The average Bonchev–Trinajstić information content (AvgIpc) is 2.04. The largest absolute Gasteiger partial charge is 0.291 e. The summed E-state index contributed by atoms with van der Waals surface area (Å²) in [5.41, 5.74) is 3.70. The summed E-state index contributed by atoms with van der Waals surface area (Å²) in [6, 6.07) is 7.37. The molecule has 0 radical (unpaired) electrons. The fourth-order valence-corrected chi connectivity index (χ4v) is 1.13. The van der Waals surface area contributed by atoms with Crippen LogP contribution < -0.4 is 5.48 Å². The average molecular weight is 184 g/mol. The molecule has 0 bridgehead atoms. The number of halogens is 1. The minimum absolute atomic E-state index is 0.553. The number of nitrogens with one attached hydrogen (secondary N) is 1. The van der Waals surface area contributed by atoms with E-state index in [1.807, 2.05) is 18.2 Å². The Labute approximate surface area is 76.4 Å². The van der Waals surface area contributed by atoms with Gasteiger partial charge in [0.15, 0.2) is 0 Å². The van der Waals surface area contributed by atoms with Gasteiger partial charge in [-0.3, -0.25) is 10.7 Å². The maximum Gasteiger partial charge on any atom is 0.0637 e. The second kappa shape index (κ2) is 4.14. The Morgan fingerprint density at radius 3 is 2.75 bits per heavy atom. The highest BCUT2D eigenvalue weighted by Gasteiger charge is 2.00. The maximum atomic E-state index is 8.71. The zero-order chi connectivity index (χ0) is 8.97. The Hall–Kier alpha value is -0.990. The summed E-state index contributed by atoms with van der Waals surface area (Å²) in [5.74, 6) is 0. The van der Waals surface area contributed by atoms with Crippen molar-refractivity contribution in [3.8, 4) is 0 Å². The molecule has 1 aromatic rings. The zero-order valence-electron chi connectivity index (χ0n) is 6.55. The van der Waals surface area contributed by atoms with E-state index in [0.29, 0.717) is 17.1 Å². The predicted molar refractivity (Wildman–Crippen MR) is 50.5 cm³/mol. The molecule has 2 N–H and O–H groups in total. The summed E-state index contributed by atoms with van der Waals surface area (Å²) in [6.07, 6.45) is 0.561. The van der Waals surface area contributed by atoms with E-state index in [4.69, 9.17) is 16.8 Å². The fraction of sp³-hybridized carbons (Fsp3) is 0.111. The normalized spacial score (nSPS) is 9.50. The molecule has 64 valence electrons. The highest BCUT2D eigenvalue weighted by Crippen LogP contribution is 2.18. The molecule has 0 amide bonds. The van der Waals surface area contributed by atoms with E-state index < -0.39 is 0 Å². The van der Waals surface area contributed by atoms with Crippen molar-refractivity contribution in [2.24, 2.45) is 0 Å². The summed E-state index contributed by atoms with van der Waals surface area (Å²) >= 11 is 5.64. The number of hydrogen-bond acceptors (Lipinski definition) is 2. The van der Waals surface area contributed by atoms with E-state index in [1.54, 1.807) is 6.07 Å². The molecule has 0 aliphatic carbocycles. The van der Waals surface area contributed by atoms with E-state index in [-0.39, 0.29) is 0 Å². The fourth-order valence-electron chi connectivity index (χ4n) is 0.990. The van der Waals surface area contributed by atoms with Crippen LogP contribution in [0.1, 0.15) is 5.56 Å². The summed E-state index contributed by atoms with van der Waals surface area (Å²) in [4.78, 5) is 0. The Morgan fingerprint density at radius 1 is 1.50 bits per heavy atom. The van der Waals surface area contributed by atoms with Gasteiger partial charge in [0.1, 0.15) is 0 Å². The van der Waals surface area contributed by atoms with Crippen molar-refractivity contribution < 1.29 is 5.21 Å². The van der Waals surface area contributed by atoms with Gasteiger partial charge in [-0.2, -0.15) is 0 Å². The Morgan fingerprint density at radius 2 is 2.17 bits per heavy atom. The molecule has 0 fully saturated rings. The molecule has 1 aromatic carbocycles. The minimum atomic E-state index is 0.553. The molecule has 0 spiro atoms. The van der Waals surface area contributed by atoms with Crippen molar-refractivity contribution >= 4 is 17.3 Å². The van der Waals surface area contributed by atoms with Crippen molar-refractivity contribution in [1.29, 1.82) is 0 Å². The summed E-state index contributed by atoms with van der Waals surface area (Å²) in [6.45, 7) is 3.58. The first-order valence-corrected chi connectivity index (χ1v) is 3.93. The van der Waals surface area contributed by atoms with E-state index in [2.05, 4.69) is 12.1 Å². The number of rotatable bonds is 3. The van der Waals surface area contributed by atoms with Gasteiger partial charge < -0.3 is 0 Å². The molecule has 3 heteroatoms. The van der Waals surface area contributed by atoms with Gasteiger partial charge >= 0.3 is 0 Å². The number of para-hydroxylation sites is 1. The lowest BCUT2D eigenvalue weighted by Gasteiger charge is -2.05. The second-order valence-electron chi connectivity index (χ2n) is 2.46. The van der Waals surface area contributed by atoms with E-state index in [9.17, 15) is 0 Å². The molecule has 0 aliphatic rings. The van der Waals surface area contributed by atoms with Crippen molar-refractivity contribution in [3.63, 3.8) is 0 Å². The molecule has 2 nitrogen and oxygen atoms in total. The minimum Gasteiger partial charge on any atom is -0.291 e. The van der Waals surface area contributed by atoms with Crippen LogP contribution in [0.3, 0.4) is 0 Å². The van der Waals surface area contributed by atoms with Gasteiger partial charge in [0, 0.05) is 11.5 Å². The molecule has 0 aromatic heterocycles. The predicted octanol–water partition coefficient (Wildman–Crippen LogP) is 2.78. The molecule has 1 rings (SSSR count). The van der Waals surface area contributed by atoms with Crippen LogP contribution in [-0.4, -0.2) is 5.21 Å². The van der Waals surface area contributed by atoms with Crippen molar-refractivity contribution in [3.05, 3.63) is 41.4 Å². The Kier molecular flexibility index (Phi) is 3.14. The Bertz CT molecular complexity index is 286. The third kappa shape index (κ3) is 2.26. The molecule has 0 heterocycles. The van der Waals surface area contributed by atoms with E-state index >= 15 is 0 Å². The maximum absolute atomic E-state index is 8.71. The third-order valence-electron chi connectivity index (χ3n) is 1.52. The topological polar surface area (TPSA) is 32.3 Å². The van der Waals surface area contributed by atoms with Gasteiger partial charge in [-0.1, -0.05) is 36.4 Å². The van der Waals surface area contributed by atoms with Crippen LogP contribution in [0, 0.1) is 0 Å². The van der Waals surface area contributed by atoms with E-state index in [0.717, 1.165) is 5.56 Å².